The molecule has 0 spiro atoms. The van der Waals surface area contributed by atoms with Gasteiger partial charge in [0.2, 0.25) is 0 Å². The summed E-state index contributed by atoms with van der Waals surface area (Å²) in [5.74, 6) is -0.303. The third-order valence-electron chi connectivity index (χ3n) is 5.30. The molecule has 1 saturated heterocycles. The van der Waals surface area contributed by atoms with Gasteiger partial charge in [0.25, 0.3) is 0 Å². The zero-order chi connectivity index (χ0) is 17.7. The van der Waals surface area contributed by atoms with Crippen LogP contribution in [0, 0.1) is 0 Å². The van der Waals surface area contributed by atoms with E-state index in [1.165, 1.54) is 88.2 Å². The van der Waals surface area contributed by atoms with E-state index in [-0.39, 0.29) is 5.97 Å². The molecule has 0 bridgehead atoms. The van der Waals surface area contributed by atoms with Gasteiger partial charge in [-0.3, -0.25) is 4.90 Å². The average Bonchev–Trinajstić information content (AvgIpc) is 2.58. The first-order chi connectivity index (χ1) is 11.6. The van der Waals surface area contributed by atoms with Crippen molar-refractivity contribution >= 4 is 5.97 Å². The van der Waals surface area contributed by atoms with Gasteiger partial charge in [-0.2, -0.15) is 0 Å². The lowest BCUT2D eigenvalue weighted by Gasteiger charge is -2.41. The minimum absolute atomic E-state index is 0.303. The monoisotopic (exact) mass is 339 g/mol. The predicted octanol–water partition coefficient (Wildman–Crippen LogP) is 3.62. The molecule has 1 aliphatic heterocycles. The normalized spacial score (nSPS) is 17.6. The summed E-state index contributed by atoms with van der Waals surface area (Å²) in [7, 11) is 4.66. The molecule has 0 unspecified atom stereocenters. The van der Waals surface area contributed by atoms with Crippen molar-refractivity contribution in [3.63, 3.8) is 0 Å². The van der Waals surface area contributed by atoms with E-state index in [9.17, 15) is 4.79 Å². The molecule has 4 heteroatoms. The SMILES string of the molecule is C=CC(=O)OCCCCCCCCCCC[N+]1(C)CCN(C)CC1. The maximum atomic E-state index is 10.9. The van der Waals surface area contributed by atoms with Crippen LogP contribution in [0.4, 0.5) is 0 Å². The van der Waals surface area contributed by atoms with Crippen molar-refractivity contribution in [1.82, 2.24) is 4.90 Å². The smallest absolute Gasteiger partial charge is 0.330 e. The maximum absolute atomic E-state index is 10.9. The number of likely N-dealkylation sites (N-methyl/N-ethyl adjacent to an activating group) is 2. The van der Waals surface area contributed by atoms with E-state index in [4.69, 9.17) is 4.74 Å². The number of rotatable bonds is 13. The van der Waals surface area contributed by atoms with Gasteiger partial charge in [0.1, 0.15) is 0 Å². The van der Waals surface area contributed by atoms with Crippen LogP contribution in [-0.2, 0) is 9.53 Å². The number of esters is 1. The second-order valence-electron chi connectivity index (χ2n) is 7.65. The summed E-state index contributed by atoms with van der Waals surface area (Å²) in [6.07, 6.45) is 12.8. The highest BCUT2D eigenvalue weighted by atomic mass is 16.5. The Hall–Kier alpha value is -0.870. The van der Waals surface area contributed by atoms with Gasteiger partial charge in [-0.05, 0) is 26.3 Å². The number of unbranched alkanes of at least 4 members (excludes halogenated alkanes) is 8. The Morgan fingerprint density at radius 2 is 1.50 bits per heavy atom. The number of quaternary nitrogens is 1. The number of hydrogen-bond donors (Lipinski definition) is 0. The Labute approximate surface area is 149 Å². The van der Waals surface area contributed by atoms with Gasteiger partial charge in [0.05, 0.1) is 33.3 Å². The van der Waals surface area contributed by atoms with Gasteiger partial charge in [-0.1, -0.05) is 45.1 Å². The molecule has 24 heavy (non-hydrogen) atoms. The Morgan fingerprint density at radius 3 is 2.04 bits per heavy atom. The molecule has 0 amide bonds. The largest absolute Gasteiger partial charge is 0.463 e. The summed E-state index contributed by atoms with van der Waals surface area (Å²) in [4.78, 5) is 13.3. The van der Waals surface area contributed by atoms with Gasteiger partial charge in [-0.15, -0.1) is 0 Å². The van der Waals surface area contributed by atoms with Crippen LogP contribution in [0.15, 0.2) is 12.7 Å². The summed E-state index contributed by atoms with van der Waals surface area (Å²) in [6, 6.07) is 0. The fourth-order valence-corrected chi connectivity index (χ4v) is 3.34. The molecule has 1 rings (SSSR count). The van der Waals surface area contributed by atoms with Crippen LogP contribution in [0.1, 0.15) is 57.8 Å². The van der Waals surface area contributed by atoms with Crippen molar-refractivity contribution in [2.24, 2.45) is 0 Å². The molecule has 1 heterocycles. The van der Waals surface area contributed by atoms with Gasteiger partial charge < -0.3 is 9.22 Å². The lowest BCUT2D eigenvalue weighted by atomic mass is 10.1. The lowest BCUT2D eigenvalue weighted by Crippen LogP contribution is -2.56. The van der Waals surface area contributed by atoms with E-state index in [0.29, 0.717) is 6.61 Å². The molecule has 1 aliphatic rings. The molecule has 0 aromatic rings. The summed E-state index contributed by atoms with van der Waals surface area (Å²) in [5.41, 5.74) is 0. The molecule has 0 aliphatic carbocycles. The molecule has 0 radical (unpaired) electrons. The molecule has 0 aromatic carbocycles. The van der Waals surface area contributed by atoms with Crippen LogP contribution >= 0.6 is 0 Å². The standard InChI is InChI=1S/C20H39N2O2/c1-4-20(23)24-19-13-11-9-7-5-6-8-10-12-16-22(3)17-14-21(2)15-18-22/h4H,1,5-19H2,2-3H3/q+1. The minimum Gasteiger partial charge on any atom is -0.463 e. The average molecular weight is 340 g/mol. The number of ether oxygens (including phenoxy) is 1. The summed E-state index contributed by atoms with van der Waals surface area (Å²) in [5, 5.41) is 0. The number of carbonyl (C=O) groups excluding carboxylic acids is 1. The van der Waals surface area contributed by atoms with Crippen LogP contribution in [0.3, 0.4) is 0 Å². The van der Waals surface area contributed by atoms with Crippen molar-refractivity contribution in [3.8, 4) is 0 Å². The van der Waals surface area contributed by atoms with E-state index in [1.54, 1.807) is 0 Å². The third-order valence-corrected chi connectivity index (χ3v) is 5.30. The van der Waals surface area contributed by atoms with Gasteiger partial charge in [-0.25, -0.2) is 4.79 Å². The first-order valence-electron chi connectivity index (χ1n) is 9.87. The van der Waals surface area contributed by atoms with Crippen LogP contribution in [0.5, 0.6) is 0 Å². The Morgan fingerprint density at radius 1 is 1.00 bits per heavy atom. The van der Waals surface area contributed by atoms with Crippen molar-refractivity contribution in [2.45, 2.75) is 57.8 Å². The first kappa shape index (κ1) is 21.2. The molecule has 140 valence electrons. The Balaban J connectivity index is 1.82. The first-order valence-corrected chi connectivity index (χ1v) is 9.87. The number of hydrogen-bond acceptors (Lipinski definition) is 3. The zero-order valence-electron chi connectivity index (χ0n) is 16.1. The Kier molecular flexibility index (Phi) is 11.0. The van der Waals surface area contributed by atoms with Crippen molar-refractivity contribution in [1.29, 1.82) is 0 Å². The van der Waals surface area contributed by atoms with Gasteiger partial charge >= 0.3 is 5.97 Å². The quantitative estimate of drug-likeness (QED) is 0.222. The number of carbonyl (C=O) groups is 1. The molecule has 4 nitrogen and oxygen atoms in total. The lowest BCUT2D eigenvalue weighted by molar-refractivity contribution is -0.913. The fraction of sp³-hybridized carbons (Fsp3) is 0.850. The topological polar surface area (TPSA) is 29.5 Å². The minimum atomic E-state index is -0.303. The Bertz CT molecular complexity index is 350. The van der Waals surface area contributed by atoms with E-state index >= 15 is 0 Å². The zero-order valence-corrected chi connectivity index (χ0v) is 16.1. The molecule has 1 fully saturated rings. The summed E-state index contributed by atoms with van der Waals surface area (Å²) < 4.78 is 6.24. The van der Waals surface area contributed by atoms with E-state index in [0.717, 1.165) is 12.8 Å². The van der Waals surface area contributed by atoms with Crippen molar-refractivity contribution < 1.29 is 14.0 Å². The van der Waals surface area contributed by atoms with Crippen LogP contribution in [0.2, 0.25) is 0 Å². The van der Waals surface area contributed by atoms with Crippen LogP contribution in [-0.4, -0.2) is 68.8 Å². The number of piperazine rings is 1. The van der Waals surface area contributed by atoms with Gasteiger partial charge in [0.15, 0.2) is 0 Å². The maximum Gasteiger partial charge on any atom is 0.330 e. The van der Waals surface area contributed by atoms with Crippen LogP contribution in [0.25, 0.3) is 0 Å². The van der Waals surface area contributed by atoms with E-state index < -0.39 is 0 Å². The predicted molar refractivity (Wildman–Crippen MR) is 101 cm³/mol. The highest BCUT2D eigenvalue weighted by Gasteiger charge is 2.26. The molecular weight excluding hydrogens is 300 g/mol. The van der Waals surface area contributed by atoms with Gasteiger partial charge in [0, 0.05) is 19.2 Å². The highest BCUT2D eigenvalue weighted by Crippen LogP contribution is 2.14. The summed E-state index contributed by atoms with van der Waals surface area (Å²) >= 11 is 0. The van der Waals surface area contributed by atoms with E-state index in [2.05, 4.69) is 25.6 Å². The molecular formula is C20H39N2O2+. The second-order valence-corrected chi connectivity index (χ2v) is 7.65. The number of nitrogens with zero attached hydrogens (tertiary/aromatic N) is 2. The van der Waals surface area contributed by atoms with Crippen LogP contribution < -0.4 is 0 Å². The molecule has 0 N–H and O–H groups in total. The van der Waals surface area contributed by atoms with Crippen molar-refractivity contribution in [2.75, 3.05) is 53.4 Å². The summed E-state index contributed by atoms with van der Waals surface area (Å²) in [6.45, 7) is 10.4. The molecule has 0 atom stereocenters. The molecule has 0 saturated carbocycles. The van der Waals surface area contributed by atoms with Crippen molar-refractivity contribution in [3.05, 3.63) is 12.7 Å². The second kappa shape index (κ2) is 12.5. The molecule has 0 aromatic heterocycles. The fourth-order valence-electron chi connectivity index (χ4n) is 3.34. The van der Waals surface area contributed by atoms with E-state index in [1.807, 2.05) is 0 Å². The third kappa shape index (κ3) is 10.1. The highest BCUT2D eigenvalue weighted by molar-refractivity contribution is 5.81.